The summed E-state index contributed by atoms with van der Waals surface area (Å²) in [5.41, 5.74) is 3.46. The predicted molar refractivity (Wildman–Crippen MR) is 129 cm³/mol. The highest BCUT2D eigenvalue weighted by Crippen LogP contribution is 2.35. The van der Waals surface area contributed by atoms with Gasteiger partial charge in [-0.25, -0.2) is 9.97 Å². The smallest absolute Gasteiger partial charge is 0.249 e. The Bertz CT molecular complexity index is 1150. The summed E-state index contributed by atoms with van der Waals surface area (Å²) < 4.78 is 0. The second kappa shape index (κ2) is 9.08. The van der Waals surface area contributed by atoms with Gasteiger partial charge in [-0.1, -0.05) is 19.3 Å². The lowest BCUT2D eigenvalue weighted by molar-refractivity contribution is -0.117. The molecule has 0 bridgehead atoms. The van der Waals surface area contributed by atoms with Crippen molar-refractivity contribution in [3.63, 3.8) is 0 Å². The van der Waals surface area contributed by atoms with Crippen molar-refractivity contribution < 1.29 is 4.79 Å². The molecule has 10 heteroatoms. The summed E-state index contributed by atoms with van der Waals surface area (Å²) >= 11 is 0. The molecule has 178 valence electrons. The zero-order valence-corrected chi connectivity index (χ0v) is 19.3. The van der Waals surface area contributed by atoms with Gasteiger partial charge < -0.3 is 15.2 Å². The van der Waals surface area contributed by atoms with Crippen molar-refractivity contribution in [1.29, 1.82) is 0 Å². The third kappa shape index (κ3) is 4.12. The molecule has 1 saturated carbocycles. The molecular formula is C24H31N9O. The molecule has 0 aromatic carbocycles. The Morgan fingerprint density at radius 3 is 2.82 bits per heavy atom. The fourth-order valence-corrected chi connectivity index (χ4v) is 5.61. The highest BCUT2D eigenvalue weighted by molar-refractivity contribution is 5.95. The number of rotatable bonds is 6. The lowest BCUT2D eigenvalue weighted by Crippen LogP contribution is -2.41. The third-order valence-corrected chi connectivity index (χ3v) is 7.36. The minimum atomic E-state index is -0.319. The van der Waals surface area contributed by atoms with E-state index in [4.69, 9.17) is 9.97 Å². The van der Waals surface area contributed by atoms with Crippen LogP contribution in [0.2, 0.25) is 0 Å². The van der Waals surface area contributed by atoms with Crippen molar-refractivity contribution >= 4 is 29.4 Å². The normalized spacial score (nSPS) is 20.5. The van der Waals surface area contributed by atoms with E-state index >= 15 is 0 Å². The number of imidazole rings is 1. The van der Waals surface area contributed by atoms with Crippen molar-refractivity contribution in [3.8, 4) is 0 Å². The maximum Gasteiger partial charge on any atom is 0.249 e. The number of aromatic amines is 2. The molecule has 0 radical (unpaired) electrons. The fraction of sp³-hybridized carbons (Fsp3) is 0.542. The Morgan fingerprint density at radius 2 is 1.97 bits per heavy atom. The monoisotopic (exact) mass is 461 g/mol. The second-order valence-corrected chi connectivity index (χ2v) is 9.60. The molecule has 1 atom stereocenters. The number of hydrogen-bond donors (Lipinski definition) is 4. The number of aromatic nitrogens is 6. The average molecular weight is 462 g/mol. The number of amides is 1. The molecule has 4 N–H and O–H groups in total. The van der Waals surface area contributed by atoms with Crippen molar-refractivity contribution in [2.45, 2.75) is 76.2 Å². The predicted octanol–water partition coefficient (Wildman–Crippen LogP) is 3.81. The first-order valence-corrected chi connectivity index (χ1v) is 12.5. The Hall–Kier alpha value is -3.43. The minimum Gasteiger partial charge on any atom is -0.331 e. The number of hydrogen-bond acceptors (Lipinski definition) is 7. The summed E-state index contributed by atoms with van der Waals surface area (Å²) in [4.78, 5) is 31.8. The largest absolute Gasteiger partial charge is 0.331 e. The van der Waals surface area contributed by atoms with Gasteiger partial charge in [0.2, 0.25) is 17.8 Å². The molecule has 2 fully saturated rings. The fourth-order valence-electron chi connectivity index (χ4n) is 5.61. The van der Waals surface area contributed by atoms with Gasteiger partial charge in [-0.2, -0.15) is 10.1 Å². The first-order valence-electron chi connectivity index (χ1n) is 12.5. The van der Waals surface area contributed by atoms with E-state index in [1.807, 2.05) is 4.90 Å². The Labute approximate surface area is 198 Å². The van der Waals surface area contributed by atoms with Crippen molar-refractivity contribution in [3.05, 3.63) is 35.4 Å². The molecule has 1 aliphatic heterocycles. The van der Waals surface area contributed by atoms with Crippen molar-refractivity contribution in [2.75, 3.05) is 22.1 Å². The van der Waals surface area contributed by atoms with E-state index in [0.717, 1.165) is 56.0 Å². The first kappa shape index (κ1) is 21.1. The Balaban J connectivity index is 1.24. The Morgan fingerprint density at radius 1 is 1.06 bits per heavy atom. The van der Waals surface area contributed by atoms with Crippen LogP contribution in [0.25, 0.3) is 0 Å². The minimum absolute atomic E-state index is 0.0875. The maximum absolute atomic E-state index is 13.0. The lowest BCUT2D eigenvalue weighted by Gasteiger charge is -2.24. The van der Waals surface area contributed by atoms with Crippen molar-refractivity contribution in [1.82, 2.24) is 30.1 Å². The molecule has 3 aliphatic rings. The number of nitrogens with one attached hydrogen (secondary N) is 4. The van der Waals surface area contributed by atoms with Crippen molar-refractivity contribution in [2.24, 2.45) is 0 Å². The summed E-state index contributed by atoms with van der Waals surface area (Å²) in [7, 11) is 0. The van der Waals surface area contributed by atoms with Gasteiger partial charge in [0.15, 0.2) is 5.82 Å². The molecule has 0 spiro atoms. The van der Waals surface area contributed by atoms with Crippen LogP contribution < -0.4 is 15.5 Å². The van der Waals surface area contributed by atoms with E-state index in [2.05, 4.69) is 36.9 Å². The highest BCUT2D eigenvalue weighted by Gasteiger charge is 2.34. The molecular weight excluding hydrogens is 430 g/mol. The molecule has 10 nitrogen and oxygen atoms in total. The zero-order valence-electron chi connectivity index (χ0n) is 19.3. The molecule has 1 amide bonds. The molecule has 6 rings (SSSR count). The molecule has 34 heavy (non-hydrogen) atoms. The van der Waals surface area contributed by atoms with E-state index in [-0.39, 0.29) is 11.9 Å². The van der Waals surface area contributed by atoms with Gasteiger partial charge in [0.25, 0.3) is 0 Å². The standard InChI is InChI=1S/C24H31N9O/c34-22(30-23-25-11-12-26-23)19-10-5-13-33(19)24-27-17-9-4-8-16(17)21(29-24)28-20-14-18(31-32-20)15-6-2-1-3-7-15/h11-12,14-15,19H,1-10,13H2,(H2,25,26,30,34)(H2,27,28,29,31,32). The topological polar surface area (TPSA) is 128 Å². The summed E-state index contributed by atoms with van der Waals surface area (Å²) in [5.74, 6) is 3.17. The first-order chi connectivity index (χ1) is 16.7. The van der Waals surface area contributed by atoms with Crippen LogP contribution in [0.15, 0.2) is 18.5 Å². The van der Waals surface area contributed by atoms with Crippen LogP contribution in [0.5, 0.6) is 0 Å². The van der Waals surface area contributed by atoms with Crippen LogP contribution in [-0.2, 0) is 17.6 Å². The summed E-state index contributed by atoms with van der Waals surface area (Å²) in [6.45, 7) is 0.753. The number of nitrogens with zero attached hydrogens (tertiary/aromatic N) is 5. The maximum atomic E-state index is 13.0. The highest BCUT2D eigenvalue weighted by atomic mass is 16.2. The molecule has 2 aliphatic carbocycles. The number of H-pyrrole nitrogens is 2. The second-order valence-electron chi connectivity index (χ2n) is 9.60. The Kier molecular flexibility index (Phi) is 5.64. The van der Waals surface area contributed by atoms with Crippen LogP contribution in [0.1, 0.15) is 74.2 Å². The van der Waals surface area contributed by atoms with E-state index in [1.54, 1.807) is 12.4 Å². The van der Waals surface area contributed by atoms with Crippen LogP contribution in [-0.4, -0.2) is 48.6 Å². The van der Waals surface area contributed by atoms with Gasteiger partial charge in [0, 0.05) is 42.2 Å². The zero-order chi connectivity index (χ0) is 22.9. The van der Waals surface area contributed by atoms with E-state index < -0.39 is 0 Å². The summed E-state index contributed by atoms with van der Waals surface area (Å²) in [6, 6.07) is 1.81. The van der Waals surface area contributed by atoms with Gasteiger partial charge in [0.05, 0.1) is 5.69 Å². The molecule has 1 saturated heterocycles. The molecule has 3 aromatic rings. The van der Waals surface area contributed by atoms with E-state index in [9.17, 15) is 4.79 Å². The van der Waals surface area contributed by atoms with Gasteiger partial charge in [-0.3, -0.25) is 15.2 Å². The van der Waals surface area contributed by atoms with Crippen LogP contribution in [0, 0.1) is 0 Å². The van der Waals surface area contributed by atoms with Crippen LogP contribution >= 0.6 is 0 Å². The van der Waals surface area contributed by atoms with Gasteiger partial charge >= 0.3 is 0 Å². The number of fused-ring (bicyclic) bond motifs is 1. The van der Waals surface area contributed by atoms with Gasteiger partial charge in [-0.05, 0) is 44.9 Å². The van der Waals surface area contributed by atoms with Crippen LogP contribution in [0.4, 0.5) is 23.5 Å². The number of aryl methyl sites for hydroxylation is 1. The third-order valence-electron chi connectivity index (χ3n) is 7.36. The van der Waals surface area contributed by atoms with E-state index in [0.29, 0.717) is 17.8 Å². The molecule has 4 heterocycles. The van der Waals surface area contributed by atoms with Crippen LogP contribution in [0.3, 0.4) is 0 Å². The number of carbonyl (C=O) groups excluding carboxylic acids is 1. The lowest BCUT2D eigenvalue weighted by atomic mass is 9.87. The molecule has 3 aromatic heterocycles. The number of carbonyl (C=O) groups is 1. The van der Waals surface area contributed by atoms with E-state index in [1.165, 1.54) is 43.4 Å². The van der Waals surface area contributed by atoms with Gasteiger partial charge in [0.1, 0.15) is 11.9 Å². The molecule has 1 unspecified atom stereocenters. The van der Waals surface area contributed by atoms with Gasteiger partial charge in [-0.15, -0.1) is 0 Å². The number of anilines is 4. The average Bonchev–Trinajstić information content (AvgIpc) is 3.67. The quantitative estimate of drug-likeness (QED) is 0.439. The summed E-state index contributed by atoms with van der Waals surface area (Å²) in [6.07, 6.45) is 14.3. The summed E-state index contributed by atoms with van der Waals surface area (Å²) in [5, 5.41) is 14.1. The SMILES string of the molecule is O=C(Nc1ncc[nH]1)C1CCCN1c1nc2c(c(Nc3cc(C4CCCCC4)[nH]n3)n1)CCC2.